The number of benzene rings is 9. The summed E-state index contributed by atoms with van der Waals surface area (Å²) in [5.74, 6) is 2.33. The topological polar surface area (TPSA) is 61.0 Å². The summed E-state index contributed by atoms with van der Waals surface area (Å²) >= 11 is 0. The van der Waals surface area contributed by atoms with E-state index in [-0.39, 0.29) is 0 Å². The molecule has 12 aromatic rings. The van der Waals surface area contributed by atoms with E-state index >= 15 is 0 Å². The summed E-state index contributed by atoms with van der Waals surface area (Å²) in [4.78, 5) is 16.0. The average Bonchev–Trinajstić information content (AvgIpc) is 3.90. The predicted octanol–water partition coefficient (Wildman–Crippen LogP) is 15.2. The molecule has 1 spiro atoms. The molecule has 302 valence electrons. The highest BCUT2D eigenvalue weighted by Gasteiger charge is 2.51. The van der Waals surface area contributed by atoms with Crippen molar-refractivity contribution in [1.82, 2.24) is 15.0 Å². The molecule has 0 amide bonds. The molecular weight excluding hydrogens is 795 g/mol. The van der Waals surface area contributed by atoms with E-state index in [0.717, 1.165) is 106 Å². The van der Waals surface area contributed by atoms with Crippen LogP contribution < -0.4 is 4.74 Å². The molecule has 1 aliphatic heterocycles. The van der Waals surface area contributed by atoms with Crippen molar-refractivity contribution in [1.29, 1.82) is 0 Å². The Labute approximate surface area is 373 Å². The minimum atomic E-state index is -0.595. The zero-order valence-electron chi connectivity index (χ0n) is 34.9. The molecule has 2 aliphatic rings. The molecule has 65 heavy (non-hydrogen) atoms. The van der Waals surface area contributed by atoms with Crippen LogP contribution in [0.3, 0.4) is 0 Å². The van der Waals surface area contributed by atoms with Crippen molar-refractivity contribution in [2.24, 2.45) is 0 Å². The molecule has 1 aliphatic carbocycles. The van der Waals surface area contributed by atoms with Gasteiger partial charge in [-0.15, -0.1) is 0 Å². The lowest BCUT2D eigenvalue weighted by Crippen LogP contribution is -2.32. The summed E-state index contributed by atoms with van der Waals surface area (Å²) in [6.45, 7) is 0. The van der Waals surface area contributed by atoms with E-state index in [4.69, 9.17) is 24.1 Å². The van der Waals surface area contributed by atoms with Crippen molar-refractivity contribution < 1.29 is 9.15 Å². The van der Waals surface area contributed by atoms with E-state index < -0.39 is 5.41 Å². The molecule has 0 atom stereocenters. The van der Waals surface area contributed by atoms with E-state index in [1.54, 1.807) is 0 Å². The van der Waals surface area contributed by atoms with Crippen LogP contribution in [0.15, 0.2) is 217 Å². The van der Waals surface area contributed by atoms with Gasteiger partial charge < -0.3 is 9.15 Å². The first-order chi connectivity index (χ1) is 32.2. The van der Waals surface area contributed by atoms with Crippen molar-refractivity contribution in [3.8, 4) is 67.8 Å². The molecule has 3 aromatic heterocycles. The van der Waals surface area contributed by atoms with Gasteiger partial charge in [0.05, 0.1) is 28.0 Å². The fourth-order valence-electron chi connectivity index (χ4n) is 10.7. The summed E-state index contributed by atoms with van der Waals surface area (Å²) in [6.07, 6.45) is 0. The Balaban J connectivity index is 1.03. The molecule has 0 unspecified atom stereocenters. The first-order valence-corrected chi connectivity index (χ1v) is 22.0. The van der Waals surface area contributed by atoms with Crippen LogP contribution in [-0.4, -0.2) is 15.0 Å². The van der Waals surface area contributed by atoms with E-state index in [2.05, 4.69) is 170 Å². The van der Waals surface area contributed by atoms with Gasteiger partial charge in [-0.1, -0.05) is 170 Å². The van der Waals surface area contributed by atoms with Gasteiger partial charge in [0, 0.05) is 54.9 Å². The standard InChI is InChI=1S/C60H35N3O2/c1-3-16-36(17-4-1)57-46-34-56-50(60(49-27-12-14-29-55(49)64-56)47-25-10-7-20-39(47)40-21-8-11-26-48(40)60)33-45(46)41-31-30-38(32-52(41)61-57)51-35-53(63-59(62-51)37-18-5-2-6-19-37)44-24-15-23-43-42-22-9-13-28-54(42)65-58(43)44/h1-35H. The summed E-state index contributed by atoms with van der Waals surface area (Å²) in [7, 11) is 0. The first-order valence-electron chi connectivity index (χ1n) is 22.0. The van der Waals surface area contributed by atoms with Crippen LogP contribution in [0.2, 0.25) is 0 Å². The van der Waals surface area contributed by atoms with Crippen LogP contribution >= 0.6 is 0 Å². The van der Waals surface area contributed by atoms with Gasteiger partial charge in [0.1, 0.15) is 22.7 Å². The van der Waals surface area contributed by atoms with E-state index in [9.17, 15) is 0 Å². The summed E-state index contributed by atoms with van der Waals surface area (Å²) in [5, 5.41) is 5.31. The Bertz CT molecular complexity index is 3890. The second-order valence-electron chi connectivity index (χ2n) is 17.0. The first kappa shape index (κ1) is 35.9. The molecule has 4 heterocycles. The molecule has 0 N–H and O–H groups in total. The molecular formula is C60H35N3O2. The number of fused-ring (bicyclic) bond motifs is 15. The fraction of sp³-hybridized carbons (Fsp3) is 0.0167. The number of hydrogen-bond acceptors (Lipinski definition) is 5. The van der Waals surface area contributed by atoms with Gasteiger partial charge in [-0.25, -0.2) is 15.0 Å². The van der Waals surface area contributed by atoms with Crippen molar-refractivity contribution in [2.75, 3.05) is 0 Å². The number of hydrogen-bond donors (Lipinski definition) is 0. The zero-order valence-corrected chi connectivity index (χ0v) is 34.9. The third-order valence-electron chi connectivity index (χ3n) is 13.5. The van der Waals surface area contributed by atoms with E-state index in [0.29, 0.717) is 5.82 Å². The lowest BCUT2D eigenvalue weighted by atomic mass is 9.65. The molecule has 0 saturated carbocycles. The molecule has 0 fully saturated rings. The summed E-state index contributed by atoms with van der Waals surface area (Å²) < 4.78 is 13.5. The van der Waals surface area contributed by atoms with Crippen LogP contribution in [0, 0.1) is 0 Å². The van der Waals surface area contributed by atoms with Crippen LogP contribution in [0.1, 0.15) is 22.3 Å². The van der Waals surface area contributed by atoms with E-state index in [1.165, 1.54) is 22.3 Å². The maximum atomic E-state index is 6.97. The van der Waals surface area contributed by atoms with Crippen molar-refractivity contribution in [3.05, 3.63) is 235 Å². The van der Waals surface area contributed by atoms with Gasteiger partial charge in [0.25, 0.3) is 0 Å². The monoisotopic (exact) mass is 829 g/mol. The average molecular weight is 830 g/mol. The summed E-state index contributed by atoms with van der Waals surface area (Å²) in [5.41, 5.74) is 15.5. The predicted molar refractivity (Wildman–Crippen MR) is 261 cm³/mol. The van der Waals surface area contributed by atoms with Gasteiger partial charge in [-0.05, 0) is 70.1 Å². The molecule has 5 heteroatoms. The Morgan fingerprint density at radius 1 is 0.354 bits per heavy atom. The minimum absolute atomic E-state index is 0.595. The van der Waals surface area contributed by atoms with E-state index in [1.807, 2.05) is 42.5 Å². The Hall–Kier alpha value is -8.67. The molecule has 0 bridgehead atoms. The second kappa shape index (κ2) is 13.7. The van der Waals surface area contributed by atoms with Gasteiger partial charge >= 0.3 is 0 Å². The van der Waals surface area contributed by atoms with Gasteiger partial charge in [0.15, 0.2) is 5.82 Å². The number of ether oxygens (including phenoxy) is 1. The number of rotatable bonds is 4. The summed E-state index contributed by atoms with van der Waals surface area (Å²) in [6, 6.07) is 74.7. The number of pyridine rings is 1. The molecule has 0 saturated heterocycles. The maximum absolute atomic E-state index is 6.97. The Kier molecular flexibility index (Phi) is 7.54. The highest BCUT2D eigenvalue weighted by molar-refractivity contribution is 6.13. The largest absolute Gasteiger partial charge is 0.457 e. The number of nitrogens with zero attached hydrogens (tertiary/aromatic N) is 3. The number of para-hydroxylation sites is 3. The molecule has 14 rings (SSSR count). The van der Waals surface area contributed by atoms with Crippen LogP contribution in [0.4, 0.5) is 0 Å². The van der Waals surface area contributed by atoms with Crippen molar-refractivity contribution >= 4 is 43.6 Å². The minimum Gasteiger partial charge on any atom is -0.457 e. The quantitative estimate of drug-likeness (QED) is 0.165. The lowest BCUT2D eigenvalue weighted by molar-refractivity contribution is 0.437. The van der Waals surface area contributed by atoms with Crippen LogP contribution in [-0.2, 0) is 5.41 Å². The van der Waals surface area contributed by atoms with Gasteiger partial charge in [-0.3, -0.25) is 0 Å². The smallest absolute Gasteiger partial charge is 0.160 e. The highest BCUT2D eigenvalue weighted by atomic mass is 16.5. The third-order valence-corrected chi connectivity index (χ3v) is 13.5. The fourth-order valence-corrected chi connectivity index (χ4v) is 10.7. The molecule has 9 aromatic carbocycles. The third kappa shape index (κ3) is 5.18. The lowest BCUT2D eigenvalue weighted by Gasteiger charge is -2.39. The van der Waals surface area contributed by atoms with Gasteiger partial charge in [-0.2, -0.15) is 0 Å². The van der Waals surface area contributed by atoms with Crippen LogP contribution in [0.5, 0.6) is 11.5 Å². The van der Waals surface area contributed by atoms with Crippen LogP contribution in [0.25, 0.3) is 99.9 Å². The zero-order chi connectivity index (χ0) is 42.6. The van der Waals surface area contributed by atoms with Crippen molar-refractivity contribution in [2.45, 2.75) is 5.41 Å². The molecule has 0 radical (unpaired) electrons. The highest BCUT2D eigenvalue weighted by Crippen LogP contribution is 2.62. The SMILES string of the molecule is c1ccc(-c2nc(-c3ccc4c(c3)nc(-c3ccccc3)c3cc5c(cc34)C3(c4ccccc4O5)c4ccccc4-c4ccccc43)cc(-c3cccc4c3oc3ccccc34)n2)cc1. The molecule has 5 nitrogen and oxygen atoms in total. The normalized spacial score (nSPS) is 13.2. The number of furan rings is 1. The second-order valence-corrected chi connectivity index (χ2v) is 17.0. The van der Waals surface area contributed by atoms with Gasteiger partial charge in [0.2, 0.25) is 0 Å². The maximum Gasteiger partial charge on any atom is 0.160 e. The van der Waals surface area contributed by atoms with Crippen molar-refractivity contribution in [3.63, 3.8) is 0 Å². The Morgan fingerprint density at radius 2 is 1.00 bits per heavy atom. The number of aromatic nitrogens is 3. The Morgan fingerprint density at radius 3 is 1.80 bits per heavy atom.